The second kappa shape index (κ2) is 30.6. The molecular weight excluding hydrogens is 446 g/mol. The first kappa shape index (κ1) is 37.6. The van der Waals surface area contributed by atoms with Crippen LogP contribution in [0.2, 0.25) is 0 Å². The van der Waals surface area contributed by atoms with Crippen molar-refractivity contribution >= 4 is 0 Å². The maximum atomic E-state index is 5.72. The molecule has 0 amide bonds. The SMILES string of the molecule is CCCCCCCCCCOCCCCCCCCCC.[H-].[H-].[Na+].[Na+].c1ccc(-c2ccccc2)cc1. The third kappa shape index (κ3) is 24.5. The number of ether oxygens (including phenoxy) is 1. The van der Waals surface area contributed by atoms with Crippen LogP contribution in [0.5, 0.6) is 0 Å². The van der Waals surface area contributed by atoms with E-state index in [2.05, 4.69) is 62.4 Å². The van der Waals surface area contributed by atoms with Gasteiger partial charge >= 0.3 is 59.1 Å². The van der Waals surface area contributed by atoms with Crippen molar-refractivity contribution in [2.75, 3.05) is 13.2 Å². The molecule has 190 valence electrons. The Kier molecular flexibility index (Phi) is 32.9. The van der Waals surface area contributed by atoms with Crippen molar-refractivity contribution in [2.24, 2.45) is 0 Å². The molecule has 0 atom stereocenters. The van der Waals surface area contributed by atoms with Gasteiger partial charge in [0.2, 0.25) is 0 Å². The molecule has 3 heteroatoms. The first-order valence-electron chi connectivity index (χ1n) is 14.1. The molecule has 0 aliphatic carbocycles. The van der Waals surface area contributed by atoms with Gasteiger partial charge in [-0.2, -0.15) is 0 Å². The van der Waals surface area contributed by atoms with Crippen molar-refractivity contribution in [2.45, 2.75) is 117 Å². The monoisotopic (exact) mass is 500 g/mol. The Labute approximate surface area is 266 Å². The Morgan fingerprint density at radius 2 is 0.714 bits per heavy atom. The molecule has 2 aromatic rings. The van der Waals surface area contributed by atoms with E-state index in [-0.39, 0.29) is 62.0 Å². The largest absolute Gasteiger partial charge is 1.00 e. The van der Waals surface area contributed by atoms with Crippen LogP contribution in [0.3, 0.4) is 0 Å². The molecule has 0 unspecified atom stereocenters. The zero-order chi connectivity index (χ0) is 23.7. The van der Waals surface area contributed by atoms with Gasteiger partial charge in [-0.15, -0.1) is 0 Å². The second-order valence-corrected chi connectivity index (χ2v) is 9.29. The van der Waals surface area contributed by atoms with Crippen molar-refractivity contribution in [1.82, 2.24) is 0 Å². The van der Waals surface area contributed by atoms with Crippen LogP contribution in [0.4, 0.5) is 0 Å². The first-order chi connectivity index (χ1) is 16.4. The van der Waals surface area contributed by atoms with E-state index in [1.807, 2.05) is 12.1 Å². The summed E-state index contributed by atoms with van der Waals surface area (Å²) < 4.78 is 5.72. The molecule has 0 saturated carbocycles. The normalized spacial score (nSPS) is 10.0. The van der Waals surface area contributed by atoms with Crippen LogP contribution in [-0.2, 0) is 4.74 Å². The fraction of sp³-hybridized carbons (Fsp3) is 0.625. The third-order valence-corrected chi connectivity index (χ3v) is 6.17. The van der Waals surface area contributed by atoms with Crippen molar-refractivity contribution in [3.05, 3.63) is 60.7 Å². The minimum Gasteiger partial charge on any atom is -1.00 e. The van der Waals surface area contributed by atoms with E-state index in [1.54, 1.807) is 0 Å². The van der Waals surface area contributed by atoms with Crippen LogP contribution in [0.1, 0.15) is 119 Å². The molecule has 2 rings (SSSR count). The Morgan fingerprint density at radius 1 is 0.429 bits per heavy atom. The summed E-state index contributed by atoms with van der Waals surface area (Å²) >= 11 is 0. The molecule has 0 heterocycles. The number of unbranched alkanes of at least 4 members (excludes halogenated alkanes) is 14. The molecule has 35 heavy (non-hydrogen) atoms. The molecule has 0 fully saturated rings. The Balaban J connectivity index is -0.000000292. The summed E-state index contributed by atoms with van der Waals surface area (Å²) in [6.45, 7) is 6.55. The van der Waals surface area contributed by atoms with Crippen molar-refractivity contribution in [3.8, 4) is 11.1 Å². The molecule has 0 radical (unpaired) electrons. The van der Waals surface area contributed by atoms with Crippen molar-refractivity contribution < 1.29 is 66.7 Å². The van der Waals surface area contributed by atoms with Gasteiger partial charge in [0.15, 0.2) is 0 Å². The maximum Gasteiger partial charge on any atom is 1.00 e. The van der Waals surface area contributed by atoms with Gasteiger partial charge in [0.05, 0.1) is 0 Å². The van der Waals surface area contributed by atoms with Crippen LogP contribution in [0.15, 0.2) is 60.7 Å². The fourth-order valence-electron chi connectivity index (χ4n) is 4.04. The number of hydrogen-bond donors (Lipinski definition) is 0. The summed E-state index contributed by atoms with van der Waals surface area (Å²) in [5, 5.41) is 0. The predicted molar refractivity (Wildman–Crippen MR) is 150 cm³/mol. The van der Waals surface area contributed by atoms with Crippen LogP contribution in [0.25, 0.3) is 11.1 Å². The Hall–Kier alpha value is 0.400. The number of hydrogen-bond acceptors (Lipinski definition) is 1. The molecule has 0 aliphatic rings. The van der Waals surface area contributed by atoms with Gasteiger partial charge in [0, 0.05) is 13.2 Å². The average molecular weight is 501 g/mol. The quantitative estimate of drug-likeness (QED) is 0.198. The van der Waals surface area contributed by atoms with Crippen molar-refractivity contribution in [3.63, 3.8) is 0 Å². The molecule has 0 aliphatic heterocycles. The van der Waals surface area contributed by atoms with Crippen LogP contribution >= 0.6 is 0 Å². The Morgan fingerprint density at radius 3 is 1.03 bits per heavy atom. The van der Waals surface area contributed by atoms with E-state index in [0.717, 1.165) is 13.2 Å². The molecule has 2 aromatic carbocycles. The molecule has 0 saturated heterocycles. The van der Waals surface area contributed by atoms with Gasteiger partial charge in [0.25, 0.3) is 0 Å². The van der Waals surface area contributed by atoms with Gasteiger partial charge in [-0.1, -0.05) is 164 Å². The van der Waals surface area contributed by atoms with Crippen LogP contribution < -0.4 is 59.1 Å². The zero-order valence-electron chi connectivity index (χ0n) is 25.9. The van der Waals surface area contributed by atoms with E-state index < -0.39 is 0 Å². The van der Waals surface area contributed by atoms with E-state index in [1.165, 1.54) is 114 Å². The maximum absolute atomic E-state index is 5.72. The summed E-state index contributed by atoms with van der Waals surface area (Å²) in [7, 11) is 0. The smallest absolute Gasteiger partial charge is 1.00 e. The topological polar surface area (TPSA) is 9.23 Å². The molecule has 0 bridgehead atoms. The second-order valence-electron chi connectivity index (χ2n) is 9.29. The molecular formula is C32H54Na2O. The molecule has 1 nitrogen and oxygen atoms in total. The summed E-state index contributed by atoms with van der Waals surface area (Å²) in [6.07, 6.45) is 22.2. The summed E-state index contributed by atoms with van der Waals surface area (Å²) in [5.74, 6) is 0. The van der Waals surface area contributed by atoms with Gasteiger partial charge in [-0.3, -0.25) is 0 Å². The summed E-state index contributed by atoms with van der Waals surface area (Å²) in [5.41, 5.74) is 2.55. The van der Waals surface area contributed by atoms with E-state index in [9.17, 15) is 0 Å². The minimum atomic E-state index is 0. The van der Waals surface area contributed by atoms with Gasteiger partial charge < -0.3 is 7.59 Å². The van der Waals surface area contributed by atoms with E-state index >= 15 is 0 Å². The third-order valence-electron chi connectivity index (χ3n) is 6.17. The summed E-state index contributed by atoms with van der Waals surface area (Å²) in [4.78, 5) is 0. The first-order valence-corrected chi connectivity index (χ1v) is 14.1. The Bertz CT molecular complexity index is 574. The molecule has 0 N–H and O–H groups in total. The van der Waals surface area contributed by atoms with Crippen LogP contribution in [-0.4, -0.2) is 13.2 Å². The number of benzene rings is 2. The van der Waals surface area contributed by atoms with Gasteiger partial charge in [0.1, 0.15) is 0 Å². The van der Waals surface area contributed by atoms with Crippen LogP contribution in [0, 0.1) is 0 Å². The minimum absolute atomic E-state index is 0. The van der Waals surface area contributed by atoms with Gasteiger partial charge in [-0.25, -0.2) is 0 Å². The standard InChI is InChI=1S/C20H42O.C12H10.2Na.2H/c1-3-5-7-9-11-13-15-17-19-21-20-18-16-14-12-10-8-6-4-2;1-3-7-11(8-4-1)12-9-5-2-6-10-12;;;;/h3-20H2,1-2H3;1-10H;;;;/q;;2*+1;2*-1. The predicted octanol–water partition coefficient (Wildman–Crippen LogP) is 4.87. The van der Waals surface area contributed by atoms with E-state index in [4.69, 9.17) is 4.74 Å². The molecule has 0 spiro atoms. The fourth-order valence-corrected chi connectivity index (χ4v) is 4.04. The zero-order valence-corrected chi connectivity index (χ0v) is 27.9. The average Bonchev–Trinajstić information content (AvgIpc) is 2.87. The number of rotatable bonds is 19. The van der Waals surface area contributed by atoms with E-state index in [0.29, 0.717) is 0 Å². The molecule has 0 aromatic heterocycles. The summed E-state index contributed by atoms with van der Waals surface area (Å²) in [6, 6.07) is 20.8. The van der Waals surface area contributed by atoms with Gasteiger partial charge in [-0.05, 0) is 24.0 Å². The van der Waals surface area contributed by atoms with Crippen molar-refractivity contribution in [1.29, 1.82) is 0 Å².